The summed E-state index contributed by atoms with van der Waals surface area (Å²) in [7, 11) is 1.48. The van der Waals surface area contributed by atoms with Crippen LogP contribution in [0, 0.1) is 17.6 Å². The van der Waals surface area contributed by atoms with E-state index < -0.39 is 23.5 Å². The smallest absolute Gasteiger partial charge is 0.308 e. The molecule has 1 saturated heterocycles. The van der Waals surface area contributed by atoms with Gasteiger partial charge in [-0.25, -0.2) is 8.78 Å². The minimum absolute atomic E-state index is 0.0212. The molecule has 2 amide bonds. The fourth-order valence-electron chi connectivity index (χ4n) is 2.62. The van der Waals surface area contributed by atoms with Crippen molar-refractivity contribution in [3.63, 3.8) is 0 Å². The summed E-state index contributed by atoms with van der Waals surface area (Å²) < 4.78 is 26.0. The number of amides is 2. The minimum Gasteiger partial charge on any atom is -0.481 e. The predicted octanol–water partition coefficient (Wildman–Crippen LogP) is 1.84. The fourth-order valence-corrected chi connectivity index (χ4v) is 3.48. The maximum Gasteiger partial charge on any atom is 0.308 e. The molecule has 1 heterocycles. The Hall–Kier alpha value is -2.16. The normalized spacial score (nSPS) is 17.0. The highest BCUT2D eigenvalue weighted by atomic mass is 32.2. The van der Waals surface area contributed by atoms with Crippen molar-refractivity contribution in [2.45, 2.75) is 17.7 Å². The molecule has 1 aliphatic heterocycles. The Kier molecular flexibility index (Phi) is 6.96. The van der Waals surface area contributed by atoms with E-state index in [1.807, 2.05) is 0 Å². The van der Waals surface area contributed by atoms with Gasteiger partial charge in [-0.05, 0) is 31.0 Å². The van der Waals surface area contributed by atoms with Gasteiger partial charge in [0, 0.05) is 25.0 Å². The van der Waals surface area contributed by atoms with Crippen LogP contribution < -0.4 is 0 Å². The molecule has 0 saturated carbocycles. The maximum absolute atomic E-state index is 13.2. The second-order valence-corrected chi connectivity index (χ2v) is 7.18. The van der Waals surface area contributed by atoms with Crippen LogP contribution >= 0.6 is 11.8 Å². The third-order valence-corrected chi connectivity index (χ3v) is 5.15. The van der Waals surface area contributed by atoms with Crippen LogP contribution in [0.5, 0.6) is 0 Å². The number of likely N-dealkylation sites (N-methyl/N-ethyl adjacent to an activating group) is 1. The Balaban J connectivity index is 1.83. The average molecular weight is 386 g/mol. The van der Waals surface area contributed by atoms with Crippen LogP contribution in [0.1, 0.15) is 12.8 Å². The molecule has 26 heavy (non-hydrogen) atoms. The molecule has 0 aliphatic carbocycles. The van der Waals surface area contributed by atoms with Crippen molar-refractivity contribution in [1.82, 2.24) is 9.80 Å². The first-order valence-corrected chi connectivity index (χ1v) is 9.09. The van der Waals surface area contributed by atoms with E-state index in [9.17, 15) is 23.2 Å². The molecular weight excluding hydrogens is 366 g/mol. The Labute approximate surface area is 154 Å². The topological polar surface area (TPSA) is 77.9 Å². The first kappa shape index (κ1) is 20.2. The summed E-state index contributed by atoms with van der Waals surface area (Å²) in [4.78, 5) is 38.6. The number of carbonyl (C=O) groups excluding carboxylic acids is 2. The van der Waals surface area contributed by atoms with Crippen LogP contribution in [-0.4, -0.2) is 65.1 Å². The van der Waals surface area contributed by atoms with Crippen molar-refractivity contribution in [3.05, 3.63) is 29.8 Å². The summed E-state index contributed by atoms with van der Waals surface area (Å²) in [6.45, 7) is 0.484. The average Bonchev–Trinajstić information content (AvgIpc) is 2.62. The van der Waals surface area contributed by atoms with Crippen molar-refractivity contribution in [1.29, 1.82) is 0 Å². The van der Waals surface area contributed by atoms with Crippen molar-refractivity contribution >= 4 is 29.5 Å². The van der Waals surface area contributed by atoms with E-state index >= 15 is 0 Å². The van der Waals surface area contributed by atoms with Crippen LogP contribution in [0.3, 0.4) is 0 Å². The Bertz CT molecular complexity index is 701. The summed E-state index contributed by atoms with van der Waals surface area (Å²) in [5, 5.41) is 9.07. The number of carbonyl (C=O) groups is 3. The summed E-state index contributed by atoms with van der Waals surface area (Å²) >= 11 is 1.05. The standard InChI is InChI=1S/C17H20F2N2O4S/c1-20(9-15(22)21-6-2-3-11(8-21)17(24)25)16(23)10-26-12-4-5-13(18)14(19)7-12/h4-5,7,11H,2-3,6,8-10H2,1H3,(H,24,25). The number of rotatable bonds is 6. The second-order valence-electron chi connectivity index (χ2n) is 6.13. The molecular formula is C17H20F2N2O4S. The van der Waals surface area contributed by atoms with Gasteiger partial charge in [-0.2, -0.15) is 0 Å². The molecule has 6 nitrogen and oxygen atoms in total. The van der Waals surface area contributed by atoms with Crippen LogP contribution in [0.2, 0.25) is 0 Å². The Morgan fingerprint density at radius 3 is 2.69 bits per heavy atom. The van der Waals surface area contributed by atoms with Crippen LogP contribution in [0.15, 0.2) is 23.1 Å². The highest BCUT2D eigenvalue weighted by Crippen LogP contribution is 2.21. The second kappa shape index (κ2) is 8.98. The lowest BCUT2D eigenvalue weighted by Crippen LogP contribution is -2.47. The molecule has 1 aromatic rings. The van der Waals surface area contributed by atoms with E-state index in [1.165, 1.54) is 22.9 Å². The van der Waals surface area contributed by atoms with E-state index in [0.717, 1.165) is 23.9 Å². The van der Waals surface area contributed by atoms with E-state index in [-0.39, 0.29) is 30.7 Å². The Morgan fingerprint density at radius 2 is 2.04 bits per heavy atom. The summed E-state index contributed by atoms with van der Waals surface area (Å²) in [6, 6.07) is 3.38. The van der Waals surface area contributed by atoms with Crippen LogP contribution in [0.25, 0.3) is 0 Å². The van der Waals surface area contributed by atoms with Crippen LogP contribution in [-0.2, 0) is 14.4 Å². The number of thioether (sulfide) groups is 1. The third-order valence-electron chi connectivity index (χ3n) is 4.17. The van der Waals surface area contributed by atoms with Gasteiger partial charge in [0.2, 0.25) is 11.8 Å². The molecule has 1 aromatic carbocycles. The summed E-state index contributed by atoms with van der Waals surface area (Å²) in [5.74, 6) is -4.09. The number of hydrogen-bond donors (Lipinski definition) is 1. The SMILES string of the molecule is CN(CC(=O)N1CCCC(C(=O)O)C1)C(=O)CSc1ccc(F)c(F)c1. The zero-order chi connectivity index (χ0) is 19.3. The number of carboxylic acid groups (broad SMARTS) is 1. The quantitative estimate of drug-likeness (QED) is 0.755. The number of likely N-dealkylation sites (tertiary alicyclic amines) is 1. The first-order valence-electron chi connectivity index (χ1n) is 8.10. The predicted molar refractivity (Wildman–Crippen MR) is 91.7 cm³/mol. The van der Waals surface area contributed by atoms with E-state index in [4.69, 9.17) is 5.11 Å². The third kappa shape index (κ3) is 5.42. The van der Waals surface area contributed by atoms with Crippen molar-refractivity contribution in [2.75, 3.05) is 32.4 Å². The molecule has 9 heteroatoms. The van der Waals surface area contributed by atoms with Gasteiger partial charge in [0.15, 0.2) is 11.6 Å². The number of halogens is 2. The zero-order valence-corrected chi connectivity index (χ0v) is 15.1. The Morgan fingerprint density at radius 1 is 1.31 bits per heavy atom. The van der Waals surface area contributed by atoms with Crippen molar-refractivity contribution in [3.8, 4) is 0 Å². The lowest BCUT2D eigenvalue weighted by Gasteiger charge is -2.32. The molecule has 0 bridgehead atoms. The molecule has 1 unspecified atom stereocenters. The highest BCUT2D eigenvalue weighted by Gasteiger charge is 2.28. The number of aliphatic carboxylic acids is 1. The molecule has 142 valence electrons. The van der Waals surface area contributed by atoms with Crippen molar-refractivity contribution < 1.29 is 28.3 Å². The van der Waals surface area contributed by atoms with Gasteiger partial charge in [0.25, 0.3) is 0 Å². The van der Waals surface area contributed by atoms with Gasteiger partial charge in [-0.15, -0.1) is 11.8 Å². The van der Waals surface area contributed by atoms with Gasteiger partial charge < -0.3 is 14.9 Å². The molecule has 1 atom stereocenters. The van der Waals surface area contributed by atoms with Gasteiger partial charge in [0.1, 0.15) is 0 Å². The minimum atomic E-state index is -0.982. The molecule has 0 aromatic heterocycles. The molecule has 2 rings (SSSR count). The fraction of sp³-hybridized carbons (Fsp3) is 0.471. The van der Waals surface area contributed by atoms with E-state index in [2.05, 4.69) is 0 Å². The lowest BCUT2D eigenvalue weighted by atomic mass is 9.98. The molecule has 1 aliphatic rings. The summed E-state index contributed by atoms with van der Waals surface area (Å²) in [6.07, 6.45) is 1.16. The highest BCUT2D eigenvalue weighted by molar-refractivity contribution is 8.00. The van der Waals surface area contributed by atoms with Crippen molar-refractivity contribution in [2.24, 2.45) is 5.92 Å². The number of carboxylic acids is 1. The molecule has 0 spiro atoms. The molecule has 0 radical (unpaired) electrons. The number of nitrogens with zero attached hydrogens (tertiary/aromatic N) is 2. The largest absolute Gasteiger partial charge is 0.481 e. The zero-order valence-electron chi connectivity index (χ0n) is 14.3. The monoisotopic (exact) mass is 386 g/mol. The van der Waals surface area contributed by atoms with Gasteiger partial charge in [-0.3, -0.25) is 14.4 Å². The molecule has 1 fully saturated rings. The summed E-state index contributed by atoms with van der Waals surface area (Å²) in [5.41, 5.74) is 0. The first-order chi connectivity index (χ1) is 12.3. The van der Waals surface area contributed by atoms with E-state index in [1.54, 1.807) is 0 Å². The van der Waals surface area contributed by atoms with Gasteiger partial charge in [-0.1, -0.05) is 0 Å². The number of piperidine rings is 1. The molecule has 1 N–H and O–H groups in total. The van der Waals surface area contributed by atoms with E-state index in [0.29, 0.717) is 24.3 Å². The maximum atomic E-state index is 13.2. The van der Waals surface area contributed by atoms with Gasteiger partial charge in [0.05, 0.1) is 18.2 Å². The number of hydrogen-bond acceptors (Lipinski definition) is 4. The van der Waals surface area contributed by atoms with Gasteiger partial charge >= 0.3 is 5.97 Å². The van der Waals surface area contributed by atoms with Crippen LogP contribution in [0.4, 0.5) is 8.78 Å². The lowest BCUT2D eigenvalue weighted by molar-refractivity contribution is -0.147. The number of benzene rings is 1.